The molecule has 124 valence electrons. The maximum Gasteiger partial charge on any atom is 0.211 e. The zero-order chi connectivity index (χ0) is 16.2. The topological polar surface area (TPSA) is 40.6 Å². The van der Waals surface area contributed by atoms with E-state index in [4.69, 9.17) is 0 Å². The van der Waals surface area contributed by atoms with E-state index in [0.717, 1.165) is 25.9 Å². The minimum Gasteiger partial charge on any atom is -0.302 e. The van der Waals surface area contributed by atoms with Gasteiger partial charge in [-0.25, -0.2) is 12.7 Å². The minimum absolute atomic E-state index is 0.426. The van der Waals surface area contributed by atoms with Gasteiger partial charge in [-0.3, -0.25) is 0 Å². The van der Waals surface area contributed by atoms with Crippen LogP contribution in [0.2, 0.25) is 0 Å². The van der Waals surface area contributed by atoms with E-state index in [1.54, 1.807) is 16.1 Å². The second kappa shape index (κ2) is 7.81. The van der Waals surface area contributed by atoms with Gasteiger partial charge in [0.2, 0.25) is 10.0 Å². The van der Waals surface area contributed by atoms with Crippen molar-refractivity contribution < 1.29 is 8.42 Å². The lowest BCUT2D eigenvalue weighted by Crippen LogP contribution is -2.42. The summed E-state index contributed by atoms with van der Waals surface area (Å²) in [5.41, 5.74) is 1.34. The second-order valence-electron chi connectivity index (χ2n) is 6.14. The van der Waals surface area contributed by atoms with Crippen molar-refractivity contribution in [3.63, 3.8) is 0 Å². The molecule has 1 fully saturated rings. The molecule has 1 aliphatic rings. The summed E-state index contributed by atoms with van der Waals surface area (Å²) in [6.45, 7) is 3.18. The van der Waals surface area contributed by atoms with E-state index in [1.165, 1.54) is 16.7 Å². The number of hydrogen-bond donors (Lipinski definition) is 0. The lowest BCUT2D eigenvalue weighted by atomic mass is 9.99. The number of nitrogens with zero attached hydrogens (tertiary/aromatic N) is 2. The molecule has 0 saturated carbocycles. The summed E-state index contributed by atoms with van der Waals surface area (Å²) >= 11 is 1.77. The van der Waals surface area contributed by atoms with Gasteiger partial charge in [-0.05, 0) is 43.7 Å². The molecule has 0 amide bonds. The largest absolute Gasteiger partial charge is 0.302 e. The monoisotopic (exact) mass is 342 g/mol. The first-order valence-electron chi connectivity index (χ1n) is 7.65. The van der Waals surface area contributed by atoms with Crippen LogP contribution in [-0.2, 0) is 16.6 Å². The summed E-state index contributed by atoms with van der Waals surface area (Å²) < 4.78 is 25.0. The predicted octanol–water partition coefficient (Wildman–Crippen LogP) is 2.51. The first kappa shape index (κ1) is 17.8. The van der Waals surface area contributed by atoms with Crippen molar-refractivity contribution in [2.45, 2.75) is 24.3 Å². The van der Waals surface area contributed by atoms with E-state index in [1.807, 2.05) is 0 Å². The molecule has 1 aromatic carbocycles. The Labute approximate surface area is 138 Å². The third kappa shape index (κ3) is 4.98. The van der Waals surface area contributed by atoms with Crippen LogP contribution in [0.5, 0.6) is 0 Å². The van der Waals surface area contributed by atoms with Gasteiger partial charge in [0, 0.05) is 31.1 Å². The highest BCUT2D eigenvalue weighted by Crippen LogP contribution is 2.23. The van der Waals surface area contributed by atoms with Crippen LogP contribution in [-0.4, -0.2) is 56.8 Å². The summed E-state index contributed by atoms with van der Waals surface area (Å²) in [5, 5.41) is 0. The van der Waals surface area contributed by atoms with E-state index in [-0.39, 0.29) is 0 Å². The lowest BCUT2D eigenvalue weighted by molar-refractivity contribution is 0.196. The number of piperidine rings is 1. The van der Waals surface area contributed by atoms with E-state index in [9.17, 15) is 8.42 Å². The molecular formula is C16H26N2O2S2. The van der Waals surface area contributed by atoms with E-state index >= 15 is 0 Å². The molecule has 0 N–H and O–H groups in total. The van der Waals surface area contributed by atoms with Crippen molar-refractivity contribution >= 4 is 21.8 Å². The Morgan fingerprint density at radius 1 is 1.36 bits per heavy atom. The Kier molecular flexibility index (Phi) is 6.32. The molecule has 1 saturated heterocycles. The van der Waals surface area contributed by atoms with Crippen LogP contribution in [0.4, 0.5) is 0 Å². The quantitative estimate of drug-likeness (QED) is 0.745. The maximum absolute atomic E-state index is 11.7. The minimum atomic E-state index is -3.05. The van der Waals surface area contributed by atoms with Crippen LogP contribution in [0.1, 0.15) is 18.4 Å². The number of thioether (sulfide) groups is 1. The Hall–Kier alpha value is -0.560. The normalized spacial score (nSPS) is 20.5. The molecule has 0 spiro atoms. The SMILES string of the molecule is CSc1ccccc1CN(C)C[C@@H]1CCCN(S(C)(=O)=O)C1. The third-order valence-electron chi connectivity index (χ3n) is 4.15. The van der Waals surface area contributed by atoms with Crippen LogP contribution in [0.25, 0.3) is 0 Å². The molecule has 22 heavy (non-hydrogen) atoms. The molecule has 0 unspecified atom stereocenters. The maximum atomic E-state index is 11.7. The average molecular weight is 343 g/mol. The highest BCUT2D eigenvalue weighted by Gasteiger charge is 2.26. The summed E-state index contributed by atoms with van der Waals surface area (Å²) in [5.74, 6) is 0.426. The molecule has 6 heteroatoms. The Balaban J connectivity index is 1.93. The van der Waals surface area contributed by atoms with Gasteiger partial charge in [-0.2, -0.15) is 0 Å². The zero-order valence-electron chi connectivity index (χ0n) is 13.7. The standard InChI is InChI=1S/C16H26N2O2S2/c1-17(13-15-8-4-5-9-16(15)21-2)11-14-7-6-10-18(12-14)22(3,19)20/h4-5,8-9,14H,6-7,10-13H2,1-3H3/t14-/m0/s1. The molecule has 1 aliphatic heterocycles. The van der Waals surface area contributed by atoms with Crippen LogP contribution in [0, 0.1) is 5.92 Å². The fraction of sp³-hybridized carbons (Fsp3) is 0.625. The molecule has 0 bridgehead atoms. The van der Waals surface area contributed by atoms with Crippen molar-refractivity contribution in [3.05, 3.63) is 29.8 Å². The molecule has 0 aliphatic carbocycles. The van der Waals surface area contributed by atoms with Crippen LogP contribution in [0.3, 0.4) is 0 Å². The van der Waals surface area contributed by atoms with Gasteiger partial charge in [0.05, 0.1) is 6.26 Å². The Morgan fingerprint density at radius 3 is 2.77 bits per heavy atom. The Morgan fingerprint density at radius 2 is 2.09 bits per heavy atom. The van der Waals surface area contributed by atoms with Gasteiger partial charge in [-0.1, -0.05) is 18.2 Å². The van der Waals surface area contributed by atoms with E-state index < -0.39 is 10.0 Å². The van der Waals surface area contributed by atoms with Crippen molar-refractivity contribution in [2.24, 2.45) is 5.92 Å². The van der Waals surface area contributed by atoms with Crippen molar-refractivity contribution in [1.82, 2.24) is 9.21 Å². The Bertz CT molecular complexity index is 590. The van der Waals surface area contributed by atoms with Gasteiger partial charge in [0.1, 0.15) is 0 Å². The van der Waals surface area contributed by atoms with Crippen molar-refractivity contribution in [2.75, 3.05) is 39.2 Å². The molecule has 0 aromatic heterocycles. The van der Waals surface area contributed by atoms with E-state index in [2.05, 4.69) is 42.5 Å². The molecular weight excluding hydrogens is 316 g/mol. The third-order valence-corrected chi connectivity index (χ3v) is 6.26. The molecule has 2 rings (SSSR count). The molecule has 1 heterocycles. The number of hydrogen-bond acceptors (Lipinski definition) is 4. The van der Waals surface area contributed by atoms with Gasteiger partial charge in [-0.15, -0.1) is 11.8 Å². The highest BCUT2D eigenvalue weighted by molar-refractivity contribution is 7.98. The molecule has 1 aromatic rings. The van der Waals surface area contributed by atoms with Crippen molar-refractivity contribution in [3.8, 4) is 0 Å². The van der Waals surface area contributed by atoms with Crippen molar-refractivity contribution in [1.29, 1.82) is 0 Å². The second-order valence-corrected chi connectivity index (χ2v) is 8.97. The first-order valence-corrected chi connectivity index (χ1v) is 10.7. The summed E-state index contributed by atoms with van der Waals surface area (Å²) in [6, 6.07) is 8.47. The van der Waals surface area contributed by atoms with Gasteiger partial charge in [0.25, 0.3) is 0 Å². The average Bonchev–Trinajstić information content (AvgIpc) is 2.47. The molecule has 1 atom stereocenters. The molecule has 4 nitrogen and oxygen atoms in total. The zero-order valence-corrected chi connectivity index (χ0v) is 15.3. The number of sulfonamides is 1. The van der Waals surface area contributed by atoms with Gasteiger partial charge < -0.3 is 4.90 Å². The summed E-state index contributed by atoms with van der Waals surface area (Å²) in [6.07, 6.45) is 5.49. The number of rotatable bonds is 6. The predicted molar refractivity (Wildman–Crippen MR) is 93.7 cm³/mol. The summed E-state index contributed by atoms with van der Waals surface area (Å²) in [7, 11) is -0.931. The van der Waals surface area contributed by atoms with Crippen LogP contribution in [0.15, 0.2) is 29.2 Å². The highest BCUT2D eigenvalue weighted by atomic mass is 32.2. The van der Waals surface area contributed by atoms with Gasteiger partial charge in [0.15, 0.2) is 0 Å². The molecule has 0 radical (unpaired) electrons. The summed E-state index contributed by atoms with van der Waals surface area (Å²) in [4.78, 5) is 3.63. The van der Waals surface area contributed by atoms with Gasteiger partial charge >= 0.3 is 0 Å². The smallest absolute Gasteiger partial charge is 0.211 e. The first-order chi connectivity index (χ1) is 10.4. The fourth-order valence-corrected chi connectivity index (χ4v) is 4.66. The van der Waals surface area contributed by atoms with Crippen LogP contribution < -0.4 is 0 Å². The fourth-order valence-electron chi connectivity index (χ4n) is 3.11. The van der Waals surface area contributed by atoms with E-state index in [0.29, 0.717) is 19.0 Å². The number of benzene rings is 1. The lowest BCUT2D eigenvalue weighted by Gasteiger charge is -2.33. The van der Waals surface area contributed by atoms with Crippen LogP contribution >= 0.6 is 11.8 Å².